The number of aromatic nitrogens is 1. The molecule has 1 heterocycles. The fourth-order valence-corrected chi connectivity index (χ4v) is 3.62. The smallest absolute Gasteiger partial charge is 0.255 e. The van der Waals surface area contributed by atoms with Gasteiger partial charge in [0.1, 0.15) is 11.3 Å². The van der Waals surface area contributed by atoms with Crippen LogP contribution in [0.25, 0.3) is 11.1 Å². The third-order valence-corrected chi connectivity index (χ3v) is 5.31. The summed E-state index contributed by atoms with van der Waals surface area (Å²) in [5.74, 6) is 1.32. The highest BCUT2D eigenvalue weighted by Crippen LogP contribution is 2.23. The van der Waals surface area contributed by atoms with Gasteiger partial charge in [-0.25, -0.2) is 4.98 Å². The van der Waals surface area contributed by atoms with E-state index in [1.54, 1.807) is 12.1 Å². The van der Waals surface area contributed by atoms with Gasteiger partial charge in [-0.15, -0.1) is 0 Å². The summed E-state index contributed by atoms with van der Waals surface area (Å²) in [7, 11) is 0. The second kappa shape index (κ2) is 9.69. The minimum Gasteiger partial charge on any atom is -0.494 e. The van der Waals surface area contributed by atoms with Crippen LogP contribution in [0, 0.1) is 13.8 Å². The molecule has 0 aliphatic carbocycles. The van der Waals surface area contributed by atoms with Crippen molar-refractivity contribution in [3.63, 3.8) is 0 Å². The number of oxazole rings is 1. The fourth-order valence-electron chi connectivity index (χ4n) is 3.62. The van der Waals surface area contributed by atoms with Crippen LogP contribution in [0.3, 0.4) is 0 Å². The average molecular weight is 429 g/mol. The standard InChI is InChI=1S/C27H28N2O3/c1-4-5-14-31-23-12-8-21(9-13-23)27(30)28-22-10-6-20(7-11-22)17-25-29-24-16-18(2)15-19(3)26(24)32-25/h6-13,15-16H,4-5,14,17H2,1-3H3,(H,28,30). The first-order valence-electron chi connectivity index (χ1n) is 11.0. The predicted molar refractivity (Wildman–Crippen MR) is 128 cm³/mol. The number of hydrogen-bond acceptors (Lipinski definition) is 4. The fraction of sp³-hybridized carbons (Fsp3) is 0.259. The van der Waals surface area contributed by atoms with Gasteiger partial charge in [0, 0.05) is 17.7 Å². The second-order valence-corrected chi connectivity index (χ2v) is 8.09. The Labute approximate surface area is 188 Å². The Kier molecular flexibility index (Phi) is 6.55. The van der Waals surface area contributed by atoms with Crippen molar-refractivity contribution in [2.24, 2.45) is 0 Å². The number of nitrogens with zero attached hydrogens (tertiary/aromatic N) is 1. The lowest BCUT2D eigenvalue weighted by Crippen LogP contribution is -2.11. The summed E-state index contributed by atoms with van der Waals surface area (Å²) in [6.45, 7) is 6.91. The van der Waals surface area contributed by atoms with Crippen molar-refractivity contribution in [2.75, 3.05) is 11.9 Å². The molecular weight excluding hydrogens is 400 g/mol. The maximum Gasteiger partial charge on any atom is 0.255 e. The van der Waals surface area contributed by atoms with Crippen LogP contribution < -0.4 is 10.1 Å². The lowest BCUT2D eigenvalue weighted by Gasteiger charge is -2.08. The van der Waals surface area contributed by atoms with Crippen LogP contribution in [0.2, 0.25) is 0 Å². The SMILES string of the molecule is CCCCOc1ccc(C(=O)Nc2ccc(Cc3nc4cc(C)cc(C)c4o3)cc2)cc1. The normalized spacial score (nSPS) is 11.0. The van der Waals surface area contributed by atoms with E-state index in [-0.39, 0.29) is 5.91 Å². The predicted octanol–water partition coefficient (Wildman–Crippen LogP) is 6.47. The summed E-state index contributed by atoms with van der Waals surface area (Å²) in [6.07, 6.45) is 2.71. The molecule has 0 bridgehead atoms. The number of nitrogens with one attached hydrogen (secondary N) is 1. The minimum atomic E-state index is -0.150. The van der Waals surface area contributed by atoms with Gasteiger partial charge in [0.2, 0.25) is 0 Å². The number of fused-ring (bicyclic) bond motifs is 1. The first-order chi connectivity index (χ1) is 15.5. The topological polar surface area (TPSA) is 64.4 Å². The van der Waals surface area contributed by atoms with Gasteiger partial charge in [-0.05, 0) is 79.4 Å². The molecule has 0 unspecified atom stereocenters. The van der Waals surface area contributed by atoms with Crippen LogP contribution in [0.5, 0.6) is 5.75 Å². The number of benzene rings is 3. The van der Waals surface area contributed by atoms with Gasteiger partial charge in [0.05, 0.1) is 6.61 Å². The third-order valence-electron chi connectivity index (χ3n) is 5.31. The van der Waals surface area contributed by atoms with E-state index in [1.807, 2.05) is 49.4 Å². The molecule has 32 heavy (non-hydrogen) atoms. The molecule has 1 amide bonds. The lowest BCUT2D eigenvalue weighted by atomic mass is 10.1. The Hall–Kier alpha value is -3.60. The van der Waals surface area contributed by atoms with Crippen LogP contribution in [-0.4, -0.2) is 17.5 Å². The molecule has 0 aliphatic heterocycles. The Morgan fingerprint density at radius 3 is 2.50 bits per heavy atom. The molecule has 0 aliphatic rings. The number of unbranched alkanes of at least 4 members (excludes halogenated alkanes) is 1. The number of anilines is 1. The molecule has 0 saturated carbocycles. The van der Waals surface area contributed by atoms with E-state index in [4.69, 9.17) is 9.15 Å². The quantitative estimate of drug-likeness (QED) is 0.327. The Morgan fingerprint density at radius 2 is 1.78 bits per heavy atom. The third kappa shape index (κ3) is 5.17. The van der Waals surface area contributed by atoms with Gasteiger partial charge >= 0.3 is 0 Å². The maximum absolute atomic E-state index is 12.5. The highest BCUT2D eigenvalue weighted by atomic mass is 16.5. The first kappa shape index (κ1) is 21.6. The Morgan fingerprint density at radius 1 is 1.03 bits per heavy atom. The number of ether oxygens (including phenoxy) is 1. The van der Waals surface area contributed by atoms with Crippen LogP contribution in [0.1, 0.15) is 52.7 Å². The molecule has 4 aromatic rings. The van der Waals surface area contributed by atoms with Crippen molar-refractivity contribution < 1.29 is 13.9 Å². The molecule has 1 N–H and O–H groups in total. The zero-order chi connectivity index (χ0) is 22.5. The molecule has 0 fully saturated rings. The van der Waals surface area contributed by atoms with Crippen LogP contribution in [0.15, 0.2) is 65.1 Å². The van der Waals surface area contributed by atoms with E-state index >= 15 is 0 Å². The molecule has 0 atom stereocenters. The first-order valence-corrected chi connectivity index (χ1v) is 11.0. The molecule has 164 valence electrons. The highest BCUT2D eigenvalue weighted by Gasteiger charge is 2.10. The van der Waals surface area contributed by atoms with E-state index in [0.29, 0.717) is 24.5 Å². The van der Waals surface area contributed by atoms with Gasteiger partial charge in [-0.3, -0.25) is 4.79 Å². The molecule has 5 heteroatoms. The lowest BCUT2D eigenvalue weighted by molar-refractivity contribution is 0.102. The molecule has 5 nitrogen and oxygen atoms in total. The molecule has 1 aromatic heterocycles. The van der Waals surface area contributed by atoms with Crippen molar-refractivity contribution in [3.8, 4) is 5.75 Å². The Bertz CT molecular complexity index is 1210. The van der Waals surface area contributed by atoms with Crippen LogP contribution in [-0.2, 0) is 6.42 Å². The number of carbonyl (C=O) groups is 1. The van der Waals surface area contributed by atoms with Crippen LogP contribution in [0.4, 0.5) is 5.69 Å². The summed E-state index contributed by atoms with van der Waals surface area (Å²) < 4.78 is 11.6. The second-order valence-electron chi connectivity index (χ2n) is 8.09. The van der Waals surface area contributed by atoms with Crippen molar-refractivity contribution >= 4 is 22.7 Å². The number of carbonyl (C=O) groups excluding carboxylic acids is 1. The van der Waals surface area contributed by atoms with E-state index in [9.17, 15) is 4.79 Å². The summed E-state index contributed by atoms with van der Waals surface area (Å²) in [6, 6.07) is 19.1. The van der Waals surface area contributed by atoms with E-state index in [0.717, 1.165) is 46.5 Å². The molecular formula is C27H28N2O3. The van der Waals surface area contributed by atoms with Crippen molar-refractivity contribution in [1.29, 1.82) is 0 Å². The minimum absolute atomic E-state index is 0.150. The van der Waals surface area contributed by atoms with Gasteiger partial charge < -0.3 is 14.5 Å². The summed E-state index contributed by atoms with van der Waals surface area (Å²) >= 11 is 0. The van der Waals surface area contributed by atoms with Gasteiger partial charge in [-0.2, -0.15) is 0 Å². The number of rotatable bonds is 8. The largest absolute Gasteiger partial charge is 0.494 e. The van der Waals surface area contributed by atoms with Crippen molar-refractivity contribution in [1.82, 2.24) is 4.98 Å². The summed E-state index contributed by atoms with van der Waals surface area (Å²) in [5, 5.41) is 2.94. The van der Waals surface area contributed by atoms with Gasteiger partial charge in [0.15, 0.2) is 11.5 Å². The number of aryl methyl sites for hydroxylation is 2. The maximum atomic E-state index is 12.5. The van der Waals surface area contributed by atoms with Crippen molar-refractivity contribution in [2.45, 2.75) is 40.0 Å². The molecule has 3 aromatic carbocycles. The monoisotopic (exact) mass is 428 g/mol. The zero-order valence-corrected chi connectivity index (χ0v) is 18.8. The highest BCUT2D eigenvalue weighted by molar-refractivity contribution is 6.04. The average Bonchev–Trinajstić information content (AvgIpc) is 3.18. The number of hydrogen-bond donors (Lipinski definition) is 1. The van der Waals surface area contributed by atoms with E-state index < -0.39 is 0 Å². The number of amides is 1. The molecule has 0 saturated heterocycles. The molecule has 0 spiro atoms. The van der Waals surface area contributed by atoms with Crippen LogP contribution >= 0.6 is 0 Å². The molecule has 0 radical (unpaired) electrons. The van der Waals surface area contributed by atoms with E-state index in [2.05, 4.69) is 30.2 Å². The van der Waals surface area contributed by atoms with Crippen molar-refractivity contribution in [3.05, 3.63) is 88.8 Å². The van der Waals surface area contributed by atoms with Gasteiger partial charge in [0.25, 0.3) is 5.91 Å². The Balaban J connectivity index is 1.37. The summed E-state index contributed by atoms with van der Waals surface area (Å²) in [4.78, 5) is 17.2. The van der Waals surface area contributed by atoms with Gasteiger partial charge in [-0.1, -0.05) is 31.5 Å². The summed E-state index contributed by atoms with van der Waals surface area (Å²) in [5.41, 5.74) is 6.41. The zero-order valence-electron chi connectivity index (χ0n) is 18.8. The van der Waals surface area contributed by atoms with E-state index in [1.165, 1.54) is 5.56 Å². The molecule has 4 rings (SSSR count).